The van der Waals surface area contributed by atoms with Gasteiger partial charge in [0.05, 0.1) is 28.1 Å². The van der Waals surface area contributed by atoms with Crippen LogP contribution in [0.2, 0.25) is 0 Å². The smallest absolute Gasteiger partial charge is 0.344 e. The SMILES string of the molecule is CCC(C)(C)C(=O)OCC(=O)OC1C2CC3C(=O)OC1C3O2.CCC(C)(C)C(=O)OCC(=O)OC1C2CC3C1OS(=O)(=O)C3C2. The summed E-state index contributed by atoms with van der Waals surface area (Å²) in [6.07, 6.45) is 0.0357. The normalized spacial score (nSPS) is 36.2. The molecule has 0 aromatic carbocycles. The zero-order chi connectivity index (χ0) is 33.1. The molecule has 252 valence electrons. The lowest BCUT2D eigenvalue weighted by Gasteiger charge is -2.25. The third kappa shape index (κ3) is 6.31. The van der Waals surface area contributed by atoms with Crippen LogP contribution in [-0.2, 0) is 66.7 Å². The van der Waals surface area contributed by atoms with Crippen molar-refractivity contribution in [3.05, 3.63) is 0 Å². The maximum Gasteiger partial charge on any atom is 0.344 e. The topological polar surface area (TPSA) is 184 Å². The highest BCUT2D eigenvalue weighted by molar-refractivity contribution is 7.87. The molecule has 14 nitrogen and oxygen atoms in total. The summed E-state index contributed by atoms with van der Waals surface area (Å²) in [4.78, 5) is 59.0. The minimum absolute atomic E-state index is 0.0130. The van der Waals surface area contributed by atoms with E-state index in [0.717, 1.165) is 0 Å². The van der Waals surface area contributed by atoms with E-state index in [1.807, 2.05) is 13.8 Å². The molecule has 6 rings (SSSR count). The molecule has 2 saturated carbocycles. The van der Waals surface area contributed by atoms with E-state index in [0.29, 0.717) is 32.1 Å². The van der Waals surface area contributed by atoms with Crippen molar-refractivity contribution in [2.75, 3.05) is 13.2 Å². The molecule has 10 unspecified atom stereocenters. The molecule has 6 aliphatic rings. The van der Waals surface area contributed by atoms with Gasteiger partial charge in [0, 0.05) is 11.8 Å². The van der Waals surface area contributed by atoms with Crippen molar-refractivity contribution in [2.24, 2.45) is 28.6 Å². The highest BCUT2D eigenvalue weighted by Crippen LogP contribution is 2.55. The second-order valence-electron chi connectivity index (χ2n) is 13.9. The van der Waals surface area contributed by atoms with Crippen LogP contribution in [0, 0.1) is 28.6 Å². The molecule has 15 heteroatoms. The molecule has 4 heterocycles. The number of carbonyl (C=O) groups excluding carboxylic acids is 5. The van der Waals surface area contributed by atoms with E-state index < -0.39 is 87.7 Å². The van der Waals surface area contributed by atoms with E-state index in [4.69, 9.17) is 32.6 Å². The van der Waals surface area contributed by atoms with Gasteiger partial charge in [-0.3, -0.25) is 18.6 Å². The first-order valence-electron chi connectivity index (χ1n) is 15.5. The van der Waals surface area contributed by atoms with Crippen LogP contribution < -0.4 is 0 Å². The number of hydrogen-bond acceptors (Lipinski definition) is 14. The Hall–Kier alpha value is -2.78. The van der Waals surface area contributed by atoms with Crippen LogP contribution in [-0.4, -0.2) is 93.4 Å². The van der Waals surface area contributed by atoms with Crippen LogP contribution in [0.25, 0.3) is 0 Å². The van der Waals surface area contributed by atoms with E-state index in [-0.39, 0.29) is 35.9 Å². The van der Waals surface area contributed by atoms with E-state index in [2.05, 4.69) is 0 Å². The third-order valence-electron chi connectivity index (χ3n) is 10.2. The van der Waals surface area contributed by atoms with Gasteiger partial charge in [0.2, 0.25) is 0 Å². The molecule has 45 heavy (non-hydrogen) atoms. The van der Waals surface area contributed by atoms with E-state index in [9.17, 15) is 32.4 Å². The van der Waals surface area contributed by atoms with E-state index >= 15 is 0 Å². The quantitative estimate of drug-likeness (QED) is 0.187. The number of fused-ring (bicyclic) bond motifs is 2. The van der Waals surface area contributed by atoms with Gasteiger partial charge >= 0.3 is 29.8 Å². The fourth-order valence-electron chi connectivity index (χ4n) is 6.73. The molecule has 6 fully saturated rings. The average Bonchev–Trinajstić information content (AvgIpc) is 3.80. The fourth-order valence-corrected chi connectivity index (χ4v) is 8.61. The van der Waals surface area contributed by atoms with Gasteiger partial charge in [-0.2, -0.15) is 8.42 Å². The van der Waals surface area contributed by atoms with Crippen molar-refractivity contribution in [2.45, 2.75) is 116 Å². The molecular weight excluding hydrogens is 616 g/mol. The van der Waals surface area contributed by atoms with Crippen LogP contribution in [0.4, 0.5) is 0 Å². The van der Waals surface area contributed by atoms with Gasteiger partial charge in [0.25, 0.3) is 10.1 Å². The van der Waals surface area contributed by atoms with Gasteiger partial charge in [-0.15, -0.1) is 0 Å². The van der Waals surface area contributed by atoms with Crippen molar-refractivity contribution < 1.29 is 65.0 Å². The standard InChI is InChI=1S/C15H22O7S.C15H20O7/c1-4-15(2,3)14(17)20-7-11(16)21-12-8-5-9-10(6-8)23(18,19)22-13(9)12;1-4-15(2,3)14(18)19-6-9(16)21-11-8-5-7-10(20-8)12(11)22-13(7)17/h8-10,12-13H,4-7H2,1-3H3;7-8,10-12H,4-6H2,1-3H3. The Morgan fingerprint density at radius 3 is 1.91 bits per heavy atom. The maximum atomic E-state index is 11.9. The zero-order valence-corrected chi connectivity index (χ0v) is 27.2. The Labute approximate surface area is 262 Å². The molecular formula is C30H42O14S. The minimum atomic E-state index is -3.53. The number of carbonyl (C=O) groups is 5. The first-order chi connectivity index (χ1) is 21.0. The van der Waals surface area contributed by atoms with Crippen LogP contribution in [0.5, 0.6) is 0 Å². The van der Waals surface area contributed by atoms with Crippen molar-refractivity contribution in [1.82, 2.24) is 0 Å². The predicted molar refractivity (Wildman–Crippen MR) is 150 cm³/mol. The summed E-state index contributed by atoms with van der Waals surface area (Å²) in [5.41, 5.74) is -1.29. The average molecular weight is 659 g/mol. The molecule has 0 aromatic rings. The summed E-state index contributed by atoms with van der Waals surface area (Å²) in [5, 5.41) is -0.448. The van der Waals surface area contributed by atoms with Gasteiger partial charge < -0.3 is 28.4 Å². The van der Waals surface area contributed by atoms with Gasteiger partial charge in [-0.05, 0) is 59.8 Å². The summed E-state index contributed by atoms with van der Waals surface area (Å²) < 4.78 is 60.3. The Kier molecular flexibility index (Phi) is 9.03. The van der Waals surface area contributed by atoms with E-state index in [1.54, 1.807) is 27.7 Å². The lowest BCUT2D eigenvalue weighted by atomic mass is 9.88. The summed E-state index contributed by atoms with van der Waals surface area (Å²) in [6.45, 7) is 9.83. The first-order valence-corrected chi connectivity index (χ1v) is 17.0. The van der Waals surface area contributed by atoms with Gasteiger partial charge in [-0.1, -0.05) is 13.8 Å². The fraction of sp³-hybridized carbons (Fsp3) is 0.833. The van der Waals surface area contributed by atoms with Crippen LogP contribution in [0.15, 0.2) is 0 Å². The summed E-state index contributed by atoms with van der Waals surface area (Å²) in [6, 6.07) is 0. The van der Waals surface area contributed by atoms with Gasteiger partial charge in [-0.25, -0.2) is 9.59 Å². The highest BCUT2D eigenvalue weighted by Gasteiger charge is 2.66. The third-order valence-corrected chi connectivity index (χ3v) is 12.0. The van der Waals surface area contributed by atoms with Crippen molar-refractivity contribution in [3.8, 4) is 0 Å². The predicted octanol–water partition coefficient (Wildman–Crippen LogP) is 1.60. The highest BCUT2D eigenvalue weighted by atomic mass is 32.2. The Morgan fingerprint density at radius 2 is 1.36 bits per heavy atom. The maximum absolute atomic E-state index is 11.9. The lowest BCUT2D eigenvalue weighted by Crippen LogP contribution is -2.41. The van der Waals surface area contributed by atoms with Gasteiger partial charge in [0.15, 0.2) is 25.4 Å². The molecule has 2 aliphatic carbocycles. The van der Waals surface area contributed by atoms with Gasteiger partial charge in [0.1, 0.15) is 18.3 Å². The Morgan fingerprint density at radius 1 is 0.800 bits per heavy atom. The largest absolute Gasteiger partial charge is 0.457 e. The monoisotopic (exact) mass is 658 g/mol. The van der Waals surface area contributed by atoms with Crippen molar-refractivity contribution in [1.29, 1.82) is 0 Å². The Balaban J connectivity index is 0.000000178. The number of rotatable bonds is 10. The lowest BCUT2D eigenvalue weighted by molar-refractivity contribution is -0.172. The van der Waals surface area contributed by atoms with Crippen molar-refractivity contribution in [3.63, 3.8) is 0 Å². The summed E-state index contributed by atoms with van der Waals surface area (Å²) in [7, 11) is -3.53. The molecule has 4 bridgehead atoms. The molecule has 10 atom stereocenters. The van der Waals surface area contributed by atoms with Crippen LogP contribution >= 0.6 is 0 Å². The molecule has 0 spiro atoms. The number of hydrogen-bond donors (Lipinski definition) is 0. The summed E-state index contributed by atoms with van der Waals surface area (Å²) in [5.74, 6) is -2.79. The number of esters is 5. The second kappa shape index (κ2) is 12.1. The molecule has 0 aromatic heterocycles. The summed E-state index contributed by atoms with van der Waals surface area (Å²) >= 11 is 0. The Bertz CT molecular complexity index is 1340. The molecule has 0 amide bonds. The molecule has 0 N–H and O–H groups in total. The van der Waals surface area contributed by atoms with E-state index in [1.165, 1.54) is 0 Å². The van der Waals surface area contributed by atoms with Crippen LogP contribution in [0.3, 0.4) is 0 Å². The van der Waals surface area contributed by atoms with Crippen molar-refractivity contribution >= 4 is 40.0 Å². The zero-order valence-electron chi connectivity index (χ0n) is 26.3. The first kappa shape index (κ1) is 33.6. The molecule has 4 saturated heterocycles. The number of ether oxygens (including phenoxy) is 6. The minimum Gasteiger partial charge on any atom is -0.457 e. The molecule has 4 aliphatic heterocycles. The second-order valence-corrected chi connectivity index (χ2v) is 15.7. The van der Waals surface area contributed by atoms with Crippen LogP contribution in [0.1, 0.15) is 73.6 Å². The molecule has 0 radical (unpaired) electrons.